The van der Waals surface area contributed by atoms with E-state index in [4.69, 9.17) is 4.74 Å². The molecule has 24 heavy (non-hydrogen) atoms. The standard InChI is InChI=1S/C16H23FN2O4S/c1-11(16(20)18-13-6-4-3-5-7-13)19-24(21,22)15-10-12(17)8-9-14(15)23-2/h8-11,13,19H,3-7H2,1-2H3,(H,18,20). The van der Waals surface area contributed by atoms with Crippen LogP contribution in [0.5, 0.6) is 5.75 Å². The lowest BCUT2D eigenvalue weighted by Gasteiger charge is -2.24. The first-order chi connectivity index (χ1) is 11.3. The maximum atomic E-state index is 13.4. The maximum absolute atomic E-state index is 13.4. The molecule has 1 amide bonds. The minimum Gasteiger partial charge on any atom is -0.495 e. The second-order valence-corrected chi connectivity index (χ2v) is 7.66. The summed E-state index contributed by atoms with van der Waals surface area (Å²) in [4.78, 5) is 11.9. The number of hydrogen-bond acceptors (Lipinski definition) is 4. The van der Waals surface area contributed by atoms with Crippen molar-refractivity contribution in [2.24, 2.45) is 0 Å². The Labute approximate surface area is 141 Å². The number of carbonyl (C=O) groups is 1. The zero-order valence-corrected chi connectivity index (χ0v) is 14.7. The number of halogens is 1. The van der Waals surface area contributed by atoms with Crippen LogP contribution in [-0.4, -0.2) is 33.5 Å². The van der Waals surface area contributed by atoms with Gasteiger partial charge in [0, 0.05) is 6.04 Å². The van der Waals surface area contributed by atoms with Gasteiger partial charge in [-0.15, -0.1) is 0 Å². The van der Waals surface area contributed by atoms with Gasteiger partial charge < -0.3 is 10.1 Å². The molecule has 1 aromatic carbocycles. The van der Waals surface area contributed by atoms with Gasteiger partial charge in [-0.05, 0) is 38.0 Å². The molecule has 2 N–H and O–H groups in total. The van der Waals surface area contributed by atoms with Crippen LogP contribution in [0.15, 0.2) is 23.1 Å². The van der Waals surface area contributed by atoms with E-state index in [1.165, 1.54) is 20.1 Å². The van der Waals surface area contributed by atoms with Crippen molar-refractivity contribution in [3.05, 3.63) is 24.0 Å². The lowest BCUT2D eigenvalue weighted by molar-refractivity contribution is -0.123. The first kappa shape index (κ1) is 18.7. The number of amides is 1. The third-order valence-corrected chi connectivity index (χ3v) is 5.65. The van der Waals surface area contributed by atoms with Crippen molar-refractivity contribution in [1.29, 1.82) is 0 Å². The van der Waals surface area contributed by atoms with Crippen LogP contribution < -0.4 is 14.8 Å². The molecule has 1 saturated carbocycles. The van der Waals surface area contributed by atoms with E-state index in [-0.39, 0.29) is 22.6 Å². The van der Waals surface area contributed by atoms with Gasteiger partial charge in [-0.2, -0.15) is 4.72 Å². The Kier molecular flexibility index (Phi) is 6.17. The van der Waals surface area contributed by atoms with E-state index in [0.29, 0.717) is 0 Å². The molecule has 0 saturated heterocycles. The molecule has 2 rings (SSSR count). The van der Waals surface area contributed by atoms with E-state index in [1.807, 2.05) is 0 Å². The van der Waals surface area contributed by atoms with Crippen molar-refractivity contribution >= 4 is 15.9 Å². The molecule has 134 valence electrons. The third kappa shape index (κ3) is 4.67. The molecule has 1 aromatic rings. The molecule has 6 nitrogen and oxygen atoms in total. The average Bonchev–Trinajstić information content (AvgIpc) is 2.55. The van der Waals surface area contributed by atoms with Gasteiger partial charge in [-0.25, -0.2) is 12.8 Å². The van der Waals surface area contributed by atoms with Crippen LogP contribution in [0.4, 0.5) is 4.39 Å². The van der Waals surface area contributed by atoms with Gasteiger partial charge in [0.1, 0.15) is 16.5 Å². The van der Waals surface area contributed by atoms with Crippen molar-refractivity contribution in [3.63, 3.8) is 0 Å². The lowest BCUT2D eigenvalue weighted by Crippen LogP contribution is -2.48. The smallest absolute Gasteiger partial charge is 0.245 e. The van der Waals surface area contributed by atoms with E-state index in [1.54, 1.807) is 0 Å². The molecular weight excluding hydrogens is 335 g/mol. The van der Waals surface area contributed by atoms with Crippen LogP contribution >= 0.6 is 0 Å². The summed E-state index contributed by atoms with van der Waals surface area (Å²) < 4.78 is 45.5. The van der Waals surface area contributed by atoms with Crippen LogP contribution in [0.2, 0.25) is 0 Å². The van der Waals surface area contributed by atoms with Gasteiger partial charge in [0.25, 0.3) is 0 Å². The summed E-state index contributed by atoms with van der Waals surface area (Å²) in [5.74, 6) is -1.07. The third-order valence-electron chi connectivity index (χ3n) is 4.09. The lowest BCUT2D eigenvalue weighted by atomic mass is 9.95. The SMILES string of the molecule is COc1ccc(F)cc1S(=O)(=O)NC(C)C(=O)NC1CCCCC1. The summed E-state index contributed by atoms with van der Waals surface area (Å²) in [6.07, 6.45) is 5.09. The van der Waals surface area contributed by atoms with Crippen molar-refractivity contribution in [2.75, 3.05) is 7.11 Å². The summed E-state index contributed by atoms with van der Waals surface area (Å²) in [7, 11) is -2.79. The molecule has 8 heteroatoms. The number of methoxy groups -OCH3 is 1. The fourth-order valence-electron chi connectivity index (χ4n) is 2.78. The van der Waals surface area contributed by atoms with Gasteiger partial charge >= 0.3 is 0 Å². The highest BCUT2D eigenvalue weighted by Crippen LogP contribution is 2.24. The predicted octanol–water partition coefficient (Wildman–Crippen LogP) is 1.95. The summed E-state index contributed by atoms with van der Waals surface area (Å²) in [6.45, 7) is 1.46. The Morgan fingerprint density at radius 2 is 1.96 bits per heavy atom. The van der Waals surface area contributed by atoms with Crippen molar-refractivity contribution in [2.45, 2.75) is 56.0 Å². The molecule has 0 bridgehead atoms. The zero-order valence-electron chi connectivity index (χ0n) is 13.8. The minimum absolute atomic E-state index is 0.0174. The number of benzene rings is 1. The van der Waals surface area contributed by atoms with E-state index in [0.717, 1.165) is 44.2 Å². The highest BCUT2D eigenvalue weighted by molar-refractivity contribution is 7.89. The van der Waals surface area contributed by atoms with E-state index in [2.05, 4.69) is 10.0 Å². The molecule has 1 atom stereocenters. The second kappa shape index (κ2) is 7.94. The first-order valence-electron chi connectivity index (χ1n) is 7.99. The Morgan fingerprint density at radius 3 is 2.58 bits per heavy atom. The molecule has 1 fully saturated rings. The van der Waals surface area contributed by atoms with Crippen molar-refractivity contribution in [3.8, 4) is 5.75 Å². The quantitative estimate of drug-likeness (QED) is 0.814. The number of rotatable bonds is 6. The van der Waals surface area contributed by atoms with Gasteiger partial charge in [0.05, 0.1) is 13.2 Å². The monoisotopic (exact) mass is 358 g/mol. The van der Waals surface area contributed by atoms with E-state index in [9.17, 15) is 17.6 Å². The minimum atomic E-state index is -4.09. The first-order valence-corrected chi connectivity index (χ1v) is 9.48. The van der Waals surface area contributed by atoms with E-state index >= 15 is 0 Å². The van der Waals surface area contributed by atoms with Gasteiger partial charge in [-0.1, -0.05) is 19.3 Å². The number of carbonyl (C=O) groups excluding carboxylic acids is 1. The van der Waals surface area contributed by atoms with Crippen LogP contribution in [-0.2, 0) is 14.8 Å². The molecule has 0 aromatic heterocycles. The Bertz CT molecular complexity index is 687. The Balaban J connectivity index is 2.07. The summed E-state index contributed by atoms with van der Waals surface area (Å²) in [5.41, 5.74) is 0. The normalized spacial score (nSPS) is 17.3. The van der Waals surface area contributed by atoms with Crippen LogP contribution in [0.1, 0.15) is 39.0 Å². The number of nitrogens with one attached hydrogen (secondary N) is 2. The van der Waals surface area contributed by atoms with Crippen LogP contribution in [0.25, 0.3) is 0 Å². The highest BCUT2D eigenvalue weighted by Gasteiger charge is 2.27. The number of sulfonamides is 1. The maximum Gasteiger partial charge on any atom is 0.245 e. The van der Waals surface area contributed by atoms with Gasteiger partial charge in [-0.3, -0.25) is 4.79 Å². The summed E-state index contributed by atoms with van der Waals surface area (Å²) in [6, 6.07) is 2.33. The molecule has 1 unspecified atom stereocenters. The second-order valence-electron chi connectivity index (χ2n) is 5.98. The molecule has 0 radical (unpaired) electrons. The highest BCUT2D eigenvalue weighted by atomic mass is 32.2. The number of hydrogen-bond donors (Lipinski definition) is 2. The fourth-order valence-corrected chi connectivity index (χ4v) is 4.17. The van der Waals surface area contributed by atoms with Crippen molar-refractivity contribution < 1.29 is 22.3 Å². The summed E-state index contributed by atoms with van der Waals surface area (Å²) >= 11 is 0. The fraction of sp³-hybridized carbons (Fsp3) is 0.562. The molecular formula is C16H23FN2O4S. The van der Waals surface area contributed by atoms with Crippen LogP contribution in [0, 0.1) is 5.82 Å². The van der Waals surface area contributed by atoms with Crippen molar-refractivity contribution in [1.82, 2.24) is 10.0 Å². The molecule has 0 aliphatic heterocycles. The summed E-state index contributed by atoms with van der Waals surface area (Å²) in [5, 5.41) is 2.86. The topological polar surface area (TPSA) is 84.5 Å². The van der Waals surface area contributed by atoms with E-state index < -0.39 is 21.9 Å². The average molecular weight is 358 g/mol. The van der Waals surface area contributed by atoms with Gasteiger partial charge in [0.15, 0.2) is 0 Å². The molecule has 1 aliphatic carbocycles. The largest absolute Gasteiger partial charge is 0.495 e. The van der Waals surface area contributed by atoms with Crippen LogP contribution in [0.3, 0.4) is 0 Å². The zero-order chi connectivity index (χ0) is 17.7. The molecule has 0 spiro atoms. The number of ether oxygens (including phenoxy) is 1. The molecule has 0 heterocycles. The Hall–Kier alpha value is -1.67. The molecule has 1 aliphatic rings. The van der Waals surface area contributed by atoms with Gasteiger partial charge in [0.2, 0.25) is 15.9 Å². The Morgan fingerprint density at radius 1 is 1.29 bits per heavy atom. The predicted molar refractivity (Wildman–Crippen MR) is 87.8 cm³/mol.